The lowest BCUT2D eigenvalue weighted by Crippen LogP contribution is -2.44. The van der Waals surface area contributed by atoms with Gasteiger partial charge in [-0.3, -0.25) is 9.11 Å². The van der Waals surface area contributed by atoms with Gasteiger partial charge in [-0.05, 0) is 69.0 Å². The van der Waals surface area contributed by atoms with Crippen molar-refractivity contribution in [2.75, 3.05) is 30.0 Å². The standard InChI is InChI=1S/C28H32FN5O4S/c1-18-17-38-15-14-34(18)25-16-24(28(12-13-28)39(36,37)23-5-3-2-4-22(23)29)32-26(33-25)19-6-8-20(9-7-19)30-27(35)31-21-10-11-21/h2-9,16,18,21,36-37H,10-15,17H2,1H3,(H2,30,31,35)/t18-/m0/s1. The summed E-state index contributed by atoms with van der Waals surface area (Å²) < 4.78 is 42.2. The van der Waals surface area contributed by atoms with Gasteiger partial charge in [0.2, 0.25) is 0 Å². The molecule has 0 spiro atoms. The molecule has 2 saturated carbocycles. The van der Waals surface area contributed by atoms with Crippen LogP contribution in [0.5, 0.6) is 0 Å². The third-order valence-corrected chi connectivity index (χ3v) is 10.2. The third-order valence-electron chi connectivity index (χ3n) is 7.55. The lowest BCUT2D eigenvalue weighted by atomic mass is 10.1. The Kier molecular flexibility index (Phi) is 6.70. The zero-order chi connectivity index (χ0) is 27.2. The summed E-state index contributed by atoms with van der Waals surface area (Å²) in [5.74, 6) is 0.436. The van der Waals surface area contributed by atoms with Crippen molar-refractivity contribution in [3.8, 4) is 11.4 Å². The monoisotopic (exact) mass is 553 g/mol. The van der Waals surface area contributed by atoms with Crippen LogP contribution in [0.4, 0.5) is 20.7 Å². The van der Waals surface area contributed by atoms with Crippen LogP contribution in [-0.2, 0) is 9.48 Å². The Balaban J connectivity index is 1.37. The number of anilines is 2. The fourth-order valence-electron chi connectivity index (χ4n) is 4.98. The SMILES string of the molecule is C[C@H]1COCCN1c1cc(C2(S(O)(O)c3ccccc3F)CC2)nc(-c2ccc(NC(=O)NC3CC3)cc2)n1. The zero-order valence-corrected chi connectivity index (χ0v) is 22.5. The van der Waals surface area contributed by atoms with Crippen LogP contribution in [0.1, 0.15) is 38.3 Å². The van der Waals surface area contributed by atoms with Crippen LogP contribution >= 0.6 is 10.6 Å². The molecule has 2 aromatic carbocycles. The predicted molar refractivity (Wildman–Crippen MR) is 149 cm³/mol. The van der Waals surface area contributed by atoms with Crippen molar-refractivity contribution in [2.45, 2.75) is 54.3 Å². The summed E-state index contributed by atoms with van der Waals surface area (Å²) in [6, 6.07) is 14.9. The van der Waals surface area contributed by atoms with Gasteiger partial charge in [0, 0.05) is 29.9 Å². The highest BCUT2D eigenvalue weighted by molar-refractivity contribution is 8.25. The second-order valence-electron chi connectivity index (χ2n) is 10.5. The summed E-state index contributed by atoms with van der Waals surface area (Å²) in [7, 11) is -3.56. The second-order valence-corrected chi connectivity index (χ2v) is 12.8. The summed E-state index contributed by atoms with van der Waals surface area (Å²) in [6.07, 6.45) is 2.95. The molecular weight excluding hydrogens is 521 g/mol. The fourth-order valence-corrected chi connectivity index (χ4v) is 7.08. The summed E-state index contributed by atoms with van der Waals surface area (Å²) in [6.45, 7) is 3.78. The molecule has 9 nitrogen and oxygen atoms in total. The summed E-state index contributed by atoms with van der Waals surface area (Å²) in [5.41, 5.74) is 1.84. The van der Waals surface area contributed by atoms with E-state index in [-0.39, 0.29) is 23.0 Å². The number of aromatic nitrogens is 2. The van der Waals surface area contributed by atoms with Crippen molar-refractivity contribution < 1.29 is 23.0 Å². The van der Waals surface area contributed by atoms with E-state index < -0.39 is 21.2 Å². The van der Waals surface area contributed by atoms with Crippen LogP contribution in [0, 0.1) is 5.82 Å². The molecule has 1 aromatic heterocycles. The minimum atomic E-state index is -3.56. The van der Waals surface area contributed by atoms with Crippen molar-refractivity contribution >= 4 is 28.1 Å². The molecule has 39 heavy (non-hydrogen) atoms. The maximum atomic E-state index is 14.7. The molecule has 1 atom stereocenters. The number of amides is 2. The molecule has 6 rings (SSSR count). The number of nitrogens with one attached hydrogen (secondary N) is 2. The Morgan fingerprint density at radius 1 is 1.13 bits per heavy atom. The second kappa shape index (κ2) is 10.1. The number of hydrogen-bond donors (Lipinski definition) is 4. The van der Waals surface area contributed by atoms with Crippen molar-refractivity contribution in [3.63, 3.8) is 0 Å². The van der Waals surface area contributed by atoms with E-state index in [4.69, 9.17) is 14.7 Å². The molecule has 3 aromatic rings. The Morgan fingerprint density at radius 3 is 2.54 bits per heavy atom. The predicted octanol–water partition coefficient (Wildman–Crippen LogP) is 5.59. The fraction of sp³-hybridized carbons (Fsp3) is 0.393. The average molecular weight is 554 g/mol. The molecule has 11 heteroatoms. The maximum Gasteiger partial charge on any atom is 0.319 e. The van der Waals surface area contributed by atoms with Crippen LogP contribution in [0.25, 0.3) is 11.4 Å². The van der Waals surface area contributed by atoms with Crippen LogP contribution in [0.15, 0.2) is 59.5 Å². The summed E-state index contributed by atoms with van der Waals surface area (Å²) >= 11 is 0. The van der Waals surface area contributed by atoms with Gasteiger partial charge in [0.25, 0.3) is 0 Å². The lowest BCUT2D eigenvalue weighted by molar-refractivity contribution is 0.0985. The van der Waals surface area contributed by atoms with Crippen molar-refractivity contribution in [3.05, 3.63) is 66.1 Å². The van der Waals surface area contributed by atoms with Gasteiger partial charge >= 0.3 is 6.03 Å². The molecule has 3 fully saturated rings. The molecule has 4 N–H and O–H groups in total. The van der Waals surface area contributed by atoms with E-state index in [0.29, 0.717) is 61.2 Å². The maximum absolute atomic E-state index is 14.7. The molecule has 206 valence electrons. The first-order valence-electron chi connectivity index (χ1n) is 13.2. The van der Waals surface area contributed by atoms with Crippen LogP contribution in [0.2, 0.25) is 0 Å². The van der Waals surface area contributed by atoms with Crippen molar-refractivity contribution in [1.82, 2.24) is 15.3 Å². The molecule has 1 saturated heterocycles. The van der Waals surface area contributed by atoms with Crippen LogP contribution in [-0.4, -0.2) is 56.9 Å². The van der Waals surface area contributed by atoms with Crippen LogP contribution < -0.4 is 15.5 Å². The first-order valence-corrected chi connectivity index (χ1v) is 14.8. The number of halogens is 1. The van der Waals surface area contributed by atoms with Gasteiger partial charge in [-0.15, -0.1) is 0 Å². The first-order chi connectivity index (χ1) is 18.8. The largest absolute Gasteiger partial charge is 0.377 e. The average Bonchev–Trinajstić information content (AvgIpc) is 3.85. The molecule has 0 bridgehead atoms. The Morgan fingerprint density at radius 2 is 1.87 bits per heavy atom. The topological polar surface area (TPSA) is 120 Å². The van der Waals surface area contributed by atoms with E-state index >= 15 is 0 Å². The van der Waals surface area contributed by atoms with E-state index in [1.807, 2.05) is 25.1 Å². The number of nitrogens with zero attached hydrogens (tertiary/aromatic N) is 3. The molecular formula is C28H32FN5O4S. The highest BCUT2D eigenvalue weighted by Crippen LogP contribution is 2.75. The van der Waals surface area contributed by atoms with Crippen molar-refractivity contribution in [1.29, 1.82) is 0 Å². The number of hydrogen-bond acceptors (Lipinski definition) is 7. The number of urea groups is 1. The van der Waals surface area contributed by atoms with Crippen LogP contribution in [0.3, 0.4) is 0 Å². The van der Waals surface area contributed by atoms with E-state index in [1.54, 1.807) is 18.2 Å². The number of benzene rings is 2. The van der Waals surface area contributed by atoms with E-state index in [2.05, 4.69) is 15.5 Å². The highest BCUT2D eigenvalue weighted by atomic mass is 32.3. The minimum Gasteiger partial charge on any atom is -0.377 e. The lowest BCUT2D eigenvalue weighted by Gasteiger charge is -2.41. The first kappa shape index (κ1) is 26.0. The minimum absolute atomic E-state index is 0.0629. The zero-order valence-electron chi connectivity index (χ0n) is 21.6. The number of rotatable bonds is 7. The Bertz CT molecular complexity index is 1380. The smallest absolute Gasteiger partial charge is 0.319 e. The van der Waals surface area contributed by atoms with Gasteiger partial charge in [0.1, 0.15) is 16.4 Å². The highest BCUT2D eigenvalue weighted by Gasteiger charge is 2.58. The van der Waals surface area contributed by atoms with Crippen molar-refractivity contribution in [2.24, 2.45) is 0 Å². The molecule has 0 radical (unpaired) electrons. The quantitative estimate of drug-likeness (QED) is 0.301. The molecule has 2 amide bonds. The van der Waals surface area contributed by atoms with Gasteiger partial charge in [-0.1, -0.05) is 12.1 Å². The van der Waals surface area contributed by atoms with Gasteiger partial charge in [-0.2, -0.15) is 10.6 Å². The molecule has 3 aliphatic rings. The van der Waals surface area contributed by atoms with E-state index in [1.165, 1.54) is 18.2 Å². The van der Waals surface area contributed by atoms with Gasteiger partial charge < -0.3 is 20.3 Å². The number of carbonyl (C=O) groups excluding carboxylic acids is 1. The molecule has 1 aliphatic heterocycles. The summed E-state index contributed by atoms with van der Waals surface area (Å²) in [5, 5.41) is 5.74. The Labute approximate surface area is 228 Å². The van der Waals surface area contributed by atoms with E-state index in [0.717, 1.165) is 12.8 Å². The number of morpholine rings is 1. The number of carbonyl (C=O) groups is 1. The summed E-state index contributed by atoms with van der Waals surface area (Å²) in [4.78, 5) is 23.9. The van der Waals surface area contributed by atoms with Gasteiger partial charge in [-0.25, -0.2) is 19.2 Å². The molecule has 2 heterocycles. The Hall–Kier alpha value is -3.25. The third kappa shape index (κ3) is 5.07. The normalized spacial score (nSPS) is 20.8. The van der Waals surface area contributed by atoms with Gasteiger partial charge in [0.15, 0.2) is 5.82 Å². The van der Waals surface area contributed by atoms with Gasteiger partial charge in [0.05, 0.1) is 29.8 Å². The van der Waals surface area contributed by atoms with E-state index in [9.17, 15) is 18.3 Å². The molecule has 0 unspecified atom stereocenters. The molecule has 2 aliphatic carbocycles. The number of ether oxygens (including phenoxy) is 1.